The third-order valence-electron chi connectivity index (χ3n) is 4.19. The molecule has 1 aromatic carbocycles. The van der Waals surface area contributed by atoms with E-state index in [0.717, 1.165) is 0 Å². The van der Waals surface area contributed by atoms with E-state index < -0.39 is 0 Å². The minimum absolute atomic E-state index is 0.199. The number of aromatic amines is 2. The number of likely N-dealkylation sites (N-methyl/N-ethyl adjacent to an activating group) is 1. The Kier molecular flexibility index (Phi) is 5.88. The Morgan fingerprint density at radius 3 is 2.89 bits per heavy atom. The lowest BCUT2D eigenvalue weighted by Gasteiger charge is -2.23. The van der Waals surface area contributed by atoms with E-state index in [1.54, 1.807) is 25.4 Å². The van der Waals surface area contributed by atoms with E-state index in [9.17, 15) is 9.18 Å². The van der Waals surface area contributed by atoms with Crippen LogP contribution in [-0.4, -0.2) is 42.0 Å². The van der Waals surface area contributed by atoms with E-state index in [1.807, 2.05) is 17.9 Å². The Morgan fingerprint density at radius 2 is 2.26 bits per heavy atom. The van der Waals surface area contributed by atoms with E-state index in [-0.39, 0.29) is 11.4 Å². The van der Waals surface area contributed by atoms with E-state index in [1.165, 1.54) is 17.4 Å². The van der Waals surface area contributed by atoms with Gasteiger partial charge in [0, 0.05) is 31.3 Å². The highest BCUT2D eigenvalue weighted by Gasteiger charge is 2.13. The minimum atomic E-state index is -0.319. The van der Waals surface area contributed by atoms with Gasteiger partial charge in [-0.25, -0.2) is 4.39 Å². The molecule has 0 aliphatic heterocycles. The molecule has 0 spiro atoms. The van der Waals surface area contributed by atoms with E-state index in [2.05, 4.69) is 21.8 Å². The first-order chi connectivity index (χ1) is 13.0. The number of hydrogen-bond donors (Lipinski definition) is 2. The van der Waals surface area contributed by atoms with Gasteiger partial charge in [0.15, 0.2) is 0 Å². The fraction of sp³-hybridized carbons (Fsp3) is 0.263. The van der Waals surface area contributed by atoms with Gasteiger partial charge < -0.3 is 14.6 Å². The lowest BCUT2D eigenvalue weighted by Crippen LogP contribution is -2.27. The molecule has 0 bridgehead atoms. The molecule has 0 aliphatic carbocycles. The molecule has 6 nitrogen and oxygen atoms in total. The molecule has 0 amide bonds. The van der Waals surface area contributed by atoms with Gasteiger partial charge in [0.25, 0.3) is 5.56 Å². The second-order valence-electron chi connectivity index (χ2n) is 5.93. The number of methoxy groups -OCH3 is 1. The number of anilines is 1. The van der Waals surface area contributed by atoms with Crippen LogP contribution in [0, 0.1) is 5.82 Å². The lowest BCUT2D eigenvalue weighted by atomic mass is 10.1. The summed E-state index contributed by atoms with van der Waals surface area (Å²) in [6, 6.07) is 5.06. The van der Waals surface area contributed by atoms with Crippen molar-refractivity contribution >= 4 is 29.7 Å². The number of benzene rings is 1. The highest BCUT2D eigenvalue weighted by atomic mass is 32.1. The first-order valence-corrected chi connectivity index (χ1v) is 9.32. The van der Waals surface area contributed by atoms with Crippen molar-refractivity contribution in [2.45, 2.75) is 6.92 Å². The Bertz CT molecular complexity index is 1090. The smallest absolute Gasteiger partial charge is 0.266 e. The third-order valence-corrected chi connectivity index (χ3v) is 5.06. The number of ether oxygens (including phenoxy) is 1. The molecule has 0 fully saturated rings. The first-order valence-electron chi connectivity index (χ1n) is 8.50. The molecule has 0 saturated heterocycles. The summed E-state index contributed by atoms with van der Waals surface area (Å²) in [6.45, 7) is 7.52. The van der Waals surface area contributed by atoms with Crippen molar-refractivity contribution in [3.8, 4) is 11.3 Å². The van der Waals surface area contributed by atoms with Crippen LogP contribution in [0.3, 0.4) is 0 Å². The molecule has 142 valence electrons. The van der Waals surface area contributed by atoms with Gasteiger partial charge in [-0.05, 0) is 25.1 Å². The Balaban J connectivity index is 1.97. The molecule has 0 aliphatic rings. The minimum Gasteiger partial charge on any atom is -0.383 e. The summed E-state index contributed by atoms with van der Waals surface area (Å²) in [5, 5.41) is 6.93. The summed E-state index contributed by atoms with van der Waals surface area (Å²) in [5.41, 5.74) is 2.35. The quantitative estimate of drug-likeness (QED) is 0.646. The van der Waals surface area contributed by atoms with Crippen molar-refractivity contribution in [3.05, 3.63) is 55.3 Å². The topological polar surface area (TPSA) is 74.0 Å². The molecule has 2 heterocycles. The normalized spacial score (nSPS) is 11.9. The summed E-state index contributed by atoms with van der Waals surface area (Å²) < 4.78 is 20.9. The van der Waals surface area contributed by atoms with Crippen LogP contribution in [0.4, 0.5) is 10.1 Å². The lowest BCUT2D eigenvalue weighted by molar-refractivity contribution is 0.205. The van der Waals surface area contributed by atoms with Crippen LogP contribution < -0.4 is 19.7 Å². The number of hydrogen-bond acceptors (Lipinski definition) is 5. The average Bonchev–Trinajstić information content (AvgIpc) is 3.23. The number of halogens is 1. The molecule has 0 saturated carbocycles. The molecule has 8 heteroatoms. The Hall–Kier alpha value is -2.71. The summed E-state index contributed by atoms with van der Waals surface area (Å²) in [5.74, 6) is -0.319. The van der Waals surface area contributed by atoms with Gasteiger partial charge in [0.05, 0.1) is 33.4 Å². The Morgan fingerprint density at radius 1 is 1.44 bits per heavy atom. The van der Waals surface area contributed by atoms with Crippen LogP contribution in [0.15, 0.2) is 29.2 Å². The van der Waals surface area contributed by atoms with E-state index >= 15 is 0 Å². The fourth-order valence-corrected chi connectivity index (χ4v) is 3.57. The maximum Gasteiger partial charge on any atom is 0.266 e. The monoisotopic (exact) mass is 388 g/mol. The van der Waals surface area contributed by atoms with Crippen LogP contribution >= 0.6 is 11.3 Å². The van der Waals surface area contributed by atoms with Crippen molar-refractivity contribution in [1.82, 2.24) is 15.2 Å². The van der Waals surface area contributed by atoms with Crippen molar-refractivity contribution in [1.29, 1.82) is 0 Å². The molecule has 2 aromatic heterocycles. The Labute approximate surface area is 159 Å². The highest BCUT2D eigenvalue weighted by Crippen LogP contribution is 2.27. The van der Waals surface area contributed by atoms with Gasteiger partial charge in [-0.2, -0.15) is 5.10 Å². The molecular weight excluding hydrogens is 367 g/mol. The maximum atomic E-state index is 14.7. The van der Waals surface area contributed by atoms with E-state index in [0.29, 0.717) is 51.4 Å². The summed E-state index contributed by atoms with van der Waals surface area (Å²) in [7, 11) is 1.62. The van der Waals surface area contributed by atoms with Crippen molar-refractivity contribution in [2.24, 2.45) is 0 Å². The zero-order valence-electron chi connectivity index (χ0n) is 15.2. The molecule has 0 unspecified atom stereocenters. The molecule has 3 aromatic rings. The van der Waals surface area contributed by atoms with Gasteiger partial charge in [-0.3, -0.25) is 9.89 Å². The van der Waals surface area contributed by atoms with Crippen LogP contribution in [0.5, 0.6) is 0 Å². The average molecular weight is 388 g/mol. The predicted molar refractivity (Wildman–Crippen MR) is 107 cm³/mol. The molecule has 0 atom stereocenters. The van der Waals surface area contributed by atoms with Crippen LogP contribution in [-0.2, 0) is 4.74 Å². The number of H-pyrrole nitrogens is 2. The molecule has 2 N–H and O–H groups in total. The number of aromatic nitrogens is 3. The van der Waals surface area contributed by atoms with Crippen molar-refractivity contribution in [3.63, 3.8) is 0 Å². The largest absolute Gasteiger partial charge is 0.383 e. The number of rotatable bonds is 7. The number of nitrogens with one attached hydrogen (secondary N) is 2. The van der Waals surface area contributed by atoms with Crippen molar-refractivity contribution in [2.75, 3.05) is 31.7 Å². The standard InChI is InChI=1S/C19H21FN4O2S/c1-4-24(7-8-26-3)16-6-5-13(9-15(16)20)18-14(11-21-23-18)10-17-19(25)22-12(2)27-17/h5-6,9-11H,2,4,7-8H2,1,3H3,(H,21,23)(H,22,25)/b17-10-. The van der Waals surface area contributed by atoms with Crippen LogP contribution in [0.25, 0.3) is 23.9 Å². The fourth-order valence-electron chi connectivity index (χ4n) is 2.83. The number of nitrogens with zero attached hydrogens (tertiary/aromatic N) is 2. The zero-order valence-corrected chi connectivity index (χ0v) is 16.0. The van der Waals surface area contributed by atoms with Gasteiger partial charge >= 0.3 is 0 Å². The van der Waals surface area contributed by atoms with Gasteiger partial charge in [0.1, 0.15) is 5.82 Å². The van der Waals surface area contributed by atoms with Gasteiger partial charge in [0.2, 0.25) is 0 Å². The summed E-state index contributed by atoms with van der Waals surface area (Å²) in [6.07, 6.45) is 3.33. The second-order valence-corrected chi connectivity index (χ2v) is 7.06. The van der Waals surface area contributed by atoms with Crippen LogP contribution in [0.2, 0.25) is 0 Å². The van der Waals surface area contributed by atoms with Gasteiger partial charge in [-0.1, -0.05) is 12.6 Å². The maximum absolute atomic E-state index is 14.7. The number of thiazole rings is 1. The molecular formula is C19H21FN4O2S. The van der Waals surface area contributed by atoms with Crippen molar-refractivity contribution < 1.29 is 9.13 Å². The molecule has 3 rings (SSSR count). The SMILES string of the molecule is C=c1[nH]c(=O)/c(=C/c2cn[nH]c2-c2ccc(N(CC)CCOC)c(F)c2)s1. The highest BCUT2D eigenvalue weighted by molar-refractivity contribution is 7.07. The van der Waals surface area contributed by atoms with E-state index in [4.69, 9.17) is 4.74 Å². The molecule has 0 radical (unpaired) electrons. The first kappa shape index (κ1) is 19.1. The second kappa shape index (κ2) is 8.32. The van der Waals surface area contributed by atoms with Gasteiger partial charge in [-0.15, -0.1) is 11.3 Å². The zero-order chi connectivity index (χ0) is 19.4. The van der Waals surface area contributed by atoms with Crippen LogP contribution in [0.1, 0.15) is 12.5 Å². The summed E-state index contributed by atoms with van der Waals surface area (Å²) >= 11 is 1.27. The molecule has 27 heavy (non-hydrogen) atoms. The summed E-state index contributed by atoms with van der Waals surface area (Å²) in [4.78, 5) is 16.5. The predicted octanol–water partition coefficient (Wildman–Crippen LogP) is 1.68. The third kappa shape index (κ3) is 4.17.